The number of rotatable bonds is 4. The number of fused-ring (bicyclic) bond motifs is 1. The van der Waals surface area contributed by atoms with E-state index < -0.39 is 0 Å². The third kappa shape index (κ3) is 2.85. The van der Waals surface area contributed by atoms with Crippen molar-refractivity contribution < 1.29 is 0 Å². The molecule has 1 aromatic heterocycles. The van der Waals surface area contributed by atoms with Crippen LogP contribution in [0.4, 0.5) is 0 Å². The molecule has 0 aliphatic heterocycles. The van der Waals surface area contributed by atoms with Crippen molar-refractivity contribution in [2.75, 3.05) is 7.05 Å². The van der Waals surface area contributed by atoms with Gasteiger partial charge in [-0.3, -0.25) is 4.57 Å². The molecule has 0 bridgehead atoms. The van der Waals surface area contributed by atoms with E-state index in [0.717, 1.165) is 5.56 Å². The molecule has 3 aromatic rings. The fourth-order valence-corrected chi connectivity index (χ4v) is 2.51. The summed E-state index contributed by atoms with van der Waals surface area (Å²) in [5, 5.41) is 5.69. The molecule has 1 N–H and O–H groups in total. The minimum absolute atomic E-state index is 0.0662. The van der Waals surface area contributed by atoms with E-state index in [-0.39, 0.29) is 11.7 Å². The van der Waals surface area contributed by atoms with Gasteiger partial charge in [-0.05, 0) is 35.5 Å². The van der Waals surface area contributed by atoms with Crippen molar-refractivity contribution in [3.63, 3.8) is 0 Å². The first-order chi connectivity index (χ1) is 10.3. The van der Waals surface area contributed by atoms with Crippen molar-refractivity contribution in [2.24, 2.45) is 0 Å². The predicted molar refractivity (Wildman–Crippen MR) is 84.2 cm³/mol. The van der Waals surface area contributed by atoms with Gasteiger partial charge in [-0.25, -0.2) is 9.78 Å². The maximum absolute atomic E-state index is 11.7. The molecule has 0 amide bonds. The Morgan fingerprint density at radius 2 is 1.95 bits per heavy atom. The lowest BCUT2D eigenvalue weighted by Crippen LogP contribution is -2.29. The average molecular weight is 279 g/mol. The summed E-state index contributed by atoms with van der Waals surface area (Å²) in [5.74, 6) is 0. The SMILES string of the molecule is CNC(Cn1cccnc1=O)c1ccc2ccccc2c1. The van der Waals surface area contributed by atoms with E-state index in [0.29, 0.717) is 6.54 Å². The Morgan fingerprint density at radius 3 is 2.71 bits per heavy atom. The van der Waals surface area contributed by atoms with Crippen LogP contribution in [0.15, 0.2) is 65.7 Å². The van der Waals surface area contributed by atoms with Crippen LogP contribution in [-0.4, -0.2) is 16.6 Å². The van der Waals surface area contributed by atoms with Gasteiger partial charge in [0.25, 0.3) is 0 Å². The van der Waals surface area contributed by atoms with Crippen LogP contribution in [0.25, 0.3) is 10.8 Å². The molecular weight excluding hydrogens is 262 g/mol. The third-order valence-electron chi connectivity index (χ3n) is 3.69. The molecule has 0 saturated heterocycles. The van der Waals surface area contributed by atoms with Crippen LogP contribution in [-0.2, 0) is 6.54 Å². The normalized spacial score (nSPS) is 12.4. The molecule has 21 heavy (non-hydrogen) atoms. The number of aromatic nitrogens is 2. The van der Waals surface area contributed by atoms with Gasteiger partial charge in [0.05, 0.1) is 6.04 Å². The van der Waals surface area contributed by atoms with Gasteiger partial charge in [0.1, 0.15) is 0 Å². The van der Waals surface area contributed by atoms with Crippen LogP contribution in [0, 0.1) is 0 Å². The minimum Gasteiger partial charge on any atom is -0.312 e. The Morgan fingerprint density at radius 1 is 1.14 bits per heavy atom. The van der Waals surface area contributed by atoms with Crippen LogP contribution in [0.3, 0.4) is 0 Å². The molecule has 0 fully saturated rings. The van der Waals surface area contributed by atoms with Gasteiger partial charge in [-0.2, -0.15) is 0 Å². The largest absolute Gasteiger partial charge is 0.347 e. The lowest BCUT2D eigenvalue weighted by atomic mass is 10.0. The van der Waals surface area contributed by atoms with E-state index in [1.165, 1.54) is 17.0 Å². The maximum atomic E-state index is 11.7. The Kier molecular flexibility index (Phi) is 3.79. The van der Waals surface area contributed by atoms with E-state index in [1.54, 1.807) is 16.8 Å². The number of benzene rings is 2. The van der Waals surface area contributed by atoms with Crippen LogP contribution < -0.4 is 11.0 Å². The summed E-state index contributed by atoms with van der Waals surface area (Å²) in [6.45, 7) is 0.557. The minimum atomic E-state index is -0.224. The molecule has 0 spiro atoms. The van der Waals surface area contributed by atoms with Gasteiger partial charge in [0, 0.05) is 18.9 Å². The van der Waals surface area contributed by atoms with Crippen LogP contribution in [0.1, 0.15) is 11.6 Å². The van der Waals surface area contributed by atoms with Crippen molar-refractivity contribution in [3.8, 4) is 0 Å². The van der Waals surface area contributed by atoms with Crippen LogP contribution in [0.2, 0.25) is 0 Å². The number of nitrogens with one attached hydrogen (secondary N) is 1. The standard InChI is InChI=1S/C17H17N3O/c1-18-16(12-20-10-4-9-19-17(20)21)15-8-7-13-5-2-3-6-14(13)11-15/h2-11,16,18H,12H2,1H3. The number of hydrogen-bond donors (Lipinski definition) is 1. The second-order valence-electron chi connectivity index (χ2n) is 5.00. The van der Waals surface area contributed by atoms with E-state index >= 15 is 0 Å². The zero-order valence-corrected chi connectivity index (χ0v) is 11.9. The first-order valence-corrected chi connectivity index (χ1v) is 6.95. The van der Waals surface area contributed by atoms with Crippen molar-refractivity contribution in [1.29, 1.82) is 0 Å². The average Bonchev–Trinajstić information content (AvgIpc) is 2.54. The highest BCUT2D eigenvalue weighted by Crippen LogP contribution is 2.21. The fourth-order valence-electron chi connectivity index (χ4n) is 2.51. The second kappa shape index (κ2) is 5.89. The highest BCUT2D eigenvalue weighted by Gasteiger charge is 2.11. The summed E-state index contributed by atoms with van der Waals surface area (Å²) < 4.78 is 1.62. The molecular formula is C17H17N3O. The van der Waals surface area contributed by atoms with Crippen molar-refractivity contribution in [1.82, 2.24) is 14.9 Å². The smallest absolute Gasteiger partial charge is 0.312 e. The number of nitrogens with zero attached hydrogens (tertiary/aromatic N) is 2. The Balaban J connectivity index is 1.94. The zero-order chi connectivity index (χ0) is 14.7. The molecule has 1 heterocycles. The maximum Gasteiger partial charge on any atom is 0.347 e. The summed E-state index contributed by atoms with van der Waals surface area (Å²) in [6, 6.07) is 16.5. The number of hydrogen-bond acceptors (Lipinski definition) is 3. The van der Waals surface area contributed by atoms with Crippen LogP contribution >= 0.6 is 0 Å². The lowest BCUT2D eigenvalue weighted by Gasteiger charge is -2.18. The molecule has 106 valence electrons. The molecule has 0 aliphatic carbocycles. The Labute approximate surface area is 123 Å². The van der Waals surface area contributed by atoms with Gasteiger partial charge in [0.15, 0.2) is 0 Å². The number of likely N-dealkylation sites (N-methyl/N-ethyl adjacent to an activating group) is 1. The Hall–Kier alpha value is -2.46. The van der Waals surface area contributed by atoms with E-state index in [9.17, 15) is 4.79 Å². The van der Waals surface area contributed by atoms with Gasteiger partial charge in [-0.1, -0.05) is 36.4 Å². The molecule has 1 unspecified atom stereocenters. The lowest BCUT2D eigenvalue weighted by molar-refractivity contribution is 0.485. The molecule has 0 saturated carbocycles. The van der Waals surface area contributed by atoms with Gasteiger partial charge in [0.2, 0.25) is 0 Å². The molecule has 2 aromatic carbocycles. The predicted octanol–water partition coefficient (Wildman–Crippen LogP) is 2.36. The van der Waals surface area contributed by atoms with Crippen molar-refractivity contribution in [2.45, 2.75) is 12.6 Å². The first-order valence-electron chi connectivity index (χ1n) is 6.95. The molecule has 4 nitrogen and oxygen atoms in total. The topological polar surface area (TPSA) is 46.9 Å². The third-order valence-corrected chi connectivity index (χ3v) is 3.69. The molecule has 0 radical (unpaired) electrons. The molecule has 1 atom stereocenters. The summed E-state index contributed by atoms with van der Waals surface area (Å²) in [4.78, 5) is 15.5. The fraction of sp³-hybridized carbons (Fsp3) is 0.176. The Bertz CT molecular complexity index is 810. The zero-order valence-electron chi connectivity index (χ0n) is 11.9. The highest BCUT2D eigenvalue weighted by atomic mass is 16.1. The monoisotopic (exact) mass is 279 g/mol. The summed E-state index contributed by atoms with van der Waals surface area (Å²) in [5.41, 5.74) is 0.936. The quantitative estimate of drug-likeness (QED) is 0.797. The summed E-state index contributed by atoms with van der Waals surface area (Å²) >= 11 is 0. The summed E-state index contributed by atoms with van der Waals surface area (Å²) in [7, 11) is 1.90. The van der Waals surface area contributed by atoms with E-state index in [2.05, 4.69) is 40.6 Å². The van der Waals surface area contributed by atoms with Gasteiger partial charge in [-0.15, -0.1) is 0 Å². The first kappa shape index (κ1) is 13.5. The van der Waals surface area contributed by atoms with Crippen molar-refractivity contribution in [3.05, 3.63) is 77.0 Å². The second-order valence-corrected chi connectivity index (χ2v) is 5.00. The van der Waals surface area contributed by atoms with Gasteiger partial charge >= 0.3 is 5.69 Å². The molecule has 4 heteroatoms. The van der Waals surface area contributed by atoms with Crippen molar-refractivity contribution >= 4 is 10.8 Å². The van der Waals surface area contributed by atoms with E-state index in [1.807, 2.05) is 19.2 Å². The highest BCUT2D eigenvalue weighted by molar-refractivity contribution is 5.83. The van der Waals surface area contributed by atoms with Gasteiger partial charge < -0.3 is 5.32 Å². The van der Waals surface area contributed by atoms with Crippen LogP contribution in [0.5, 0.6) is 0 Å². The van der Waals surface area contributed by atoms with E-state index in [4.69, 9.17) is 0 Å². The summed E-state index contributed by atoms with van der Waals surface area (Å²) in [6.07, 6.45) is 3.28. The molecule has 0 aliphatic rings. The molecule has 3 rings (SSSR count).